The first-order valence-electron chi connectivity index (χ1n) is 14.9. The first kappa shape index (κ1) is 25.0. The SMILES string of the molecule is c1ccc(-c2ccc(N(c3ccc4sc5cccnc5c4c3)c3cc4c5ccccc5ccc4c4ccccc34)cc2)cc1. The maximum absolute atomic E-state index is 4.78. The Kier molecular flexibility index (Phi) is 5.71. The summed E-state index contributed by atoms with van der Waals surface area (Å²) in [5.74, 6) is 0. The second-order valence-corrected chi connectivity index (χ2v) is 12.3. The first-order valence-corrected chi connectivity index (χ1v) is 15.7. The van der Waals surface area contributed by atoms with Crippen molar-refractivity contribution in [2.24, 2.45) is 0 Å². The fraction of sp³-hybridized carbons (Fsp3) is 0. The summed E-state index contributed by atoms with van der Waals surface area (Å²) in [4.78, 5) is 7.20. The normalized spacial score (nSPS) is 11.6. The number of thiophene rings is 1. The predicted octanol–water partition coefficient (Wildman–Crippen LogP) is 12.0. The molecule has 9 rings (SSSR count). The lowest BCUT2D eigenvalue weighted by atomic mass is 9.95. The van der Waals surface area contributed by atoms with Crippen LogP contribution in [0.5, 0.6) is 0 Å². The van der Waals surface area contributed by atoms with Gasteiger partial charge in [-0.15, -0.1) is 11.3 Å². The Balaban J connectivity index is 1.34. The monoisotopic (exact) mass is 578 g/mol. The van der Waals surface area contributed by atoms with Gasteiger partial charge >= 0.3 is 0 Å². The maximum atomic E-state index is 4.78. The molecule has 0 atom stereocenters. The molecule has 44 heavy (non-hydrogen) atoms. The first-order chi connectivity index (χ1) is 21.8. The van der Waals surface area contributed by atoms with Crippen LogP contribution in [0.15, 0.2) is 158 Å². The summed E-state index contributed by atoms with van der Waals surface area (Å²) in [6.45, 7) is 0. The second-order valence-electron chi connectivity index (χ2n) is 11.2. The van der Waals surface area contributed by atoms with Crippen LogP contribution in [0.1, 0.15) is 0 Å². The van der Waals surface area contributed by atoms with Gasteiger partial charge in [0.1, 0.15) is 0 Å². The third kappa shape index (κ3) is 3.98. The molecule has 0 radical (unpaired) electrons. The zero-order valence-electron chi connectivity index (χ0n) is 23.8. The Morgan fingerprint density at radius 3 is 2.00 bits per heavy atom. The molecule has 3 heteroatoms. The number of hydrogen-bond acceptors (Lipinski definition) is 3. The average Bonchev–Trinajstić information content (AvgIpc) is 3.47. The molecule has 2 nitrogen and oxygen atoms in total. The molecule has 0 aliphatic carbocycles. The van der Waals surface area contributed by atoms with Crippen LogP contribution < -0.4 is 4.90 Å². The zero-order chi connectivity index (χ0) is 29.0. The molecule has 0 N–H and O–H groups in total. The highest BCUT2D eigenvalue weighted by molar-refractivity contribution is 7.25. The van der Waals surface area contributed by atoms with E-state index in [1.165, 1.54) is 58.2 Å². The number of hydrogen-bond donors (Lipinski definition) is 0. The molecule has 0 fully saturated rings. The summed E-state index contributed by atoms with van der Waals surface area (Å²) >= 11 is 1.80. The largest absolute Gasteiger partial charge is 0.310 e. The molecule has 0 spiro atoms. The van der Waals surface area contributed by atoms with Crippen molar-refractivity contribution in [3.63, 3.8) is 0 Å². The molecule has 0 bridgehead atoms. The van der Waals surface area contributed by atoms with Gasteiger partial charge in [-0.05, 0) is 86.6 Å². The Morgan fingerprint density at radius 2 is 1.14 bits per heavy atom. The maximum Gasteiger partial charge on any atom is 0.0889 e. The van der Waals surface area contributed by atoms with E-state index in [2.05, 4.69) is 150 Å². The van der Waals surface area contributed by atoms with Crippen molar-refractivity contribution in [3.8, 4) is 11.1 Å². The van der Waals surface area contributed by atoms with E-state index in [0.29, 0.717) is 0 Å². The van der Waals surface area contributed by atoms with Gasteiger partial charge in [-0.3, -0.25) is 4.98 Å². The second kappa shape index (κ2) is 10.0. The van der Waals surface area contributed by atoms with E-state index in [1.54, 1.807) is 11.3 Å². The minimum atomic E-state index is 1.06. The van der Waals surface area contributed by atoms with Gasteiger partial charge in [-0.2, -0.15) is 0 Å². The Hall–Kier alpha value is -5.51. The van der Waals surface area contributed by atoms with Crippen LogP contribution in [0, 0.1) is 0 Å². The summed E-state index contributed by atoms with van der Waals surface area (Å²) in [6, 6.07) is 54.9. The van der Waals surface area contributed by atoms with Crippen LogP contribution in [0.2, 0.25) is 0 Å². The van der Waals surface area contributed by atoms with Crippen LogP contribution in [0.3, 0.4) is 0 Å². The van der Waals surface area contributed by atoms with Gasteiger partial charge in [0.05, 0.1) is 15.9 Å². The average molecular weight is 579 g/mol. The molecule has 2 heterocycles. The number of fused-ring (bicyclic) bond motifs is 8. The molecule has 0 aliphatic heterocycles. The Labute approximate surface area is 259 Å². The summed E-state index contributed by atoms with van der Waals surface area (Å²) in [6.07, 6.45) is 1.89. The number of pyridine rings is 1. The molecule has 7 aromatic carbocycles. The van der Waals surface area contributed by atoms with Crippen molar-refractivity contribution in [1.82, 2.24) is 4.98 Å². The van der Waals surface area contributed by atoms with E-state index < -0.39 is 0 Å². The van der Waals surface area contributed by atoms with Gasteiger partial charge in [0.25, 0.3) is 0 Å². The van der Waals surface area contributed by atoms with Crippen LogP contribution in [0.4, 0.5) is 17.1 Å². The van der Waals surface area contributed by atoms with Crippen molar-refractivity contribution >= 4 is 81.0 Å². The van der Waals surface area contributed by atoms with Gasteiger partial charge in [0, 0.05) is 33.0 Å². The molecule has 0 amide bonds. The fourth-order valence-electron chi connectivity index (χ4n) is 6.61. The topological polar surface area (TPSA) is 16.1 Å². The molecular formula is C41H26N2S. The Morgan fingerprint density at radius 1 is 0.432 bits per heavy atom. The number of anilines is 3. The summed E-state index contributed by atoms with van der Waals surface area (Å²) in [5, 5.41) is 8.69. The van der Waals surface area contributed by atoms with E-state index in [0.717, 1.165) is 22.6 Å². The van der Waals surface area contributed by atoms with Crippen molar-refractivity contribution < 1.29 is 0 Å². The van der Waals surface area contributed by atoms with Crippen LogP contribution >= 0.6 is 11.3 Å². The molecule has 0 saturated heterocycles. The minimum absolute atomic E-state index is 1.06. The number of rotatable bonds is 4. The lowest BCUT2D eigenvalue weighted by molar-refractivity contribution is 1.31. The minimum Gasteiger partial charge on any atom is -0.310 e. The predicted molar refractivity (Wildman–Crippen MR) is 190 cm³/mol. The molecule has 9 aromatic rings. The lowest BCUT2D eigenvalue weighted by Crippen LogP contribution is -2.10. The van der Waals surface area contributed by atoms with E-state index in [9.17, 15) is 0 Å². The quantitative estimate of drug-likeness (QED) is 0.193. The molecule has 206 valence electrons. The number of nitrogens with zero attached hydrogens (tertiary/aromatic N) is 2. The fourth-order valence-corrected chi connectivity index (χ4v) is 7.66. The van der Waals surface area contributed by atoms with Gasteiger partial charge in [0.2, 0.25) is 0 Å². The van der Waals surface area contributed by atoms with Crippen molar-refractivity contribution in [1.29, 1.82) is 0 Å². The summed E-state index contributed by atoms with van der Waals surface area (Å²) < 4.78 is 2.46. The van der Waals surface area contributed by atoms with Crippen molar-refractivity contribution in [2.75, 3.05) is 4.90 Å². The summed E-state index contributed by atoms with van der Waals surface area (Å²) in [5.41, 5.74) is 6.85. The van der Waals surface area contributed by atoms with Crippen LogP contribution in [-0.4, -0.2) is 4.98 Å². The number of benzene rings is 7. The van der Waals surface area contributed by atoms with Gasteiger partial charge in [-0.1, -0.05) is 103 Å². The van der Waals surface area contributed by atoms with Gasteiger partial charge in [0.15, 0.2) is 0 Å². The Bertz CT molecular complexity index is 2490. The van der Waals surface area contributed by atoms with E-state index in [4.69, 9.17) is 4.98 Å². The van der Waals surface area contributed by atoms with Gasteiger partial charge < -0.3 is 4.90 Å². The zero-order valence-corrected chi connectivity index (χ0v) is 24.6. The molecule has 0 aliphatic rings. The van der Waals surface area contributed by atoms with E-state index >= 15 is 0 Å². The molecule has 0 saturated carbocycles. The highest BCUT2D eigenvalue weighted by Gasteiger charge is 2.19. The molecular weight excluding hydrogens is 553 g/mol. The number of aromatic nitrogens is 1. The van der Waals surface area contributed by atoms with E-state index in [-0.39, 0.29) is 0 Å². The highest BCUT2D eigenvalue weighted by atomic mass is 32.1. The lowest BCUT2D eigenvalue weighted by Gasteiger charge is -2.28. The highest BCUT2D eigenvalue weighted by Crippen LogP contribution is 2.45. The standard InChI is InChI=1S/C41H26N2S/c1-2-9-27(10-3-1)28-16-19-30(20-17-28)43(31-21-23-39-37(25-31)41-40(44-39)15-8-24-42-41)38-26-36-32-12-5-4-11-29(32)18-22-34(36)33-13-6-7-14-35(33)38/h1-26H. The smallest absolute Gasteiger partial charge is 0.0889 e. The molecule has 0 unspecified atom stereocenters. The van der Waals surface area contributed by atoms with Crippen molar-refractivity contribution in [3.05, 3.63) is 158 Å². The van der Waals surface area contributed by atoms with Crippen LogP contribution in [0.25, 0.3) is 63.7 Å². The van der Waals surface area contributed by atoms with E-state index in [1.807, 2.05) is 12.3 Å². The van der Waals surface area contributed by atoms with Gasteiger partial charge in [-0.25, -0.2) is 0 Å². The molecule has 2 aromatic heterocycles. The third-order valence-corrected chi connectivity index (χ3v) is 9.81. The van der Waals surface area contributed by atoms with Crippen molar-refractivity contribution in [2.45, 2.75) is 0 Å². The van der Waals surface area contributed by atoms with Crippen LogP contribution in [-0.2, 0) is 0 Å². The third-order valence-electron chi connectivity index (χ3n) is 8.69. The summed E-state index contributed by atoms with van der Waals surface area (Å²) in [7, 11) is 0.